The Labute approximate surface area is 165 Å². The number of hydrogen-bond donors (Lipinski definition) is 2. The molecule has 0 aliphatic carbocycles. The van der Waals surface area contributed by atoms with Crippen molar-refractivity contribution in [3.05, 3.63) is 52.3 Å². The third-order valence-corrected chi connectivity index (χ3v) is 4.67. The zero-order valence-corrected chi connectivity index (χ0v) is 17.5. The molecule has 0 fully saturated rings. The number of carbonyl (C=O) groups excluding carboxylic acids is 3. The van der Waals surface area contributed by atoms with E-state index in [1.165, 1.54) is 13.8 Å². The molecule has 0 spiro atoms. The third-order valence-electron chi connectivity index (χ3n) is 4.67. The van der Waals surface area contributed by atoms with Crippen LogP contribution < -0.4 is 5.32 Å². The van der Waals surface area contributed by atoms with Crippen molar-refractivity contribution < 1.29 is 19.1 Å². The third kappa shape index (κ3) is 4.68. The quantitative estimate of drug-likeness (QED) is 0.594. The van der Waals surface area contributed by atoms with Gasteiger partial charge in [-0.3, -0.25) is 9.59 Å². The van der Waals surface area contributed by atoms with Gasteiger partial charge in [-0.1, -0.05) is 32.9 Å². The van der Waals surface area contributed by atoms with Gasteiger partial charge < -0.3 is 15.0 Å². The molecule has 150 valence electrons. The number of aromatic nitrogens is 1. The van der Waals surface area contributed by atoms with Crippen LogP contribution in [0.2, 0.25) is 0 Å². The van der Waals surface area contributed by atoms with E-state index in [9.17, 15) is 14.4 Å². The van der Waals surface area contributed by atoms with Gasteiger partial charge in [-0.05, 0) is 56.4 Å². The monoisotopic (exact) mass is 384 g/mol. The van der Waals surface area contributed by atoms with Gasteiger partial charge in [-0.25, -0.2) is 4.79 Å². The highest BCUT2D eigenvalue weighted by Gasteiger charge is 2.25. The molecule has 0 aliphatic heterocycles. The molecule has 1 heterocycles. The minimum atomic E-state index is -0.987. The van der Waals surface area contributed by atoms with Crippen LogP contribution in [0.15, 0.2) is 24.3 Å². The van der Waals surface area contributed by atoms with Crippen LogP contribution in [0.4, 0.5) is 5.69 Å². The van der Waals surface area contributed by atoms with Gasteiger partial charge in [-0.15, -0.1) is 0 Å². The summed E-state index contributed by atoms with van der Waals surface area (Å²) >= 11 is 0. The Morgan fingerprint density at radius 1 is 1.07 bits per heavy atom. The second kappa shape index (κ2) is 8.00. The Hall–Kier alpha value is -2.89. The number of ether oxygens (including phenoxy) is 1. The van der Waals surface area contributed by atoms with E-state index in [-0.39, 0.29) is 16.9 Å². The number of rotatable bonds is 5. The van der Waals surface area contributed by atoms with Crippen molar-refractivity contribution in [2.75, 3.05) is 5.32 Å². The number of hydrogen-bond acceptors (Lipinski definition) is 4. The Morgan fingerprint density at radius 3 is 2.11 bits per heavy atom. The maximum Gasteiger partial charge on any atom is 0.355 e. The van der Waals surface area contributed by atoms with Gasteiger partial charge in [0.2, 0.25) is 0 Å². The first-order valence-electron chi connectivity index (χ1n) is 9.24. The van der Waals surface area contributed by atoms with E-state index in [1.54, 1.807) is 13.8 Å². The number of ketones is 1. The van der Waals surface area contributed by atoms with E-state index < -0.39 is 18.0 Å². The van der Waals surface area contributed by atoms with E-state index in [0.29, 0.717) is 22.5 Å². The van der Waals surface area contributed by atoms with E-state index in [0.717, 1.165) is 5.56 Å². The van der Waals surface area contributed by atoms with Crippen molar-refractivity contribution in [1.29, 1.82) is 0 Å². The van der Waals surface area contributed by atoms with Crippen molar-refractivity contribution in [1.82, 2.24) is 4.98 Å². The van der Waals surface area contributed by atoms with Gasteiger partial charge in [-0.2, -0.15) is 0 Å². The molecule has 0 radical (unpaired) electrons. The van der Waals surface area contributed by atoms with Crippen molar-refractivity contribution >= 4 is 23.3 Å². The molecule has 28 heavy (non-hydrogen) atoms. The average molecular weight is 384 g/mol. The normalized spacial score (nSPS) is 12.4. The highest BCUT2D eigenvalue weighted by atomic mass is 16.5. The molecule has 1 aromatic carbocycles. The highest BCUT2D eigenvalue weighted by Crippen LogP contribution is 2.24. The van der Waals surface area contributed by atoms with Crippen molar-refractivity contribution in [3.8, 4) is 0 Å². The molecular formula is C22H28N2O4. The van der Waals surface area contributed by atoms with Crippen molar-refractivity contribution in [3.63, 3.8) is 0 Å². The number of amides is 1. The zero-order valence-electron chi connectivity index (χ0n) is 17.5. The van der Waals surface area contributed by atoms with Crippen LogP contribution in [-0.2, 0) is 14.9 Å². The summed E-state index contributed by atoms with van der Waals surface area (Å²) in [5.74, 6) is -1.22. The lowest BCUT2D eigenvalue weighted by molar-refractivity contribution is -0.123. The number of esters is 1. The number of aryl methyl sites for hydroxylation is 1. The molecular weight excluding hydrogens is 356 g/mol. The summed E-state index contributed by atoms with van der Waals surface area (Å²) in [6.07, 6.45) is -0.987. The summed E-state index contributed by atoms with van der Waals surface area (Å²) < 4.78 is 5.28. The van der Waals surface area contributed by atoms with E-state index in [1.807, 2.05) is 24.3 Å². The van der Waals surface area contributed by atoms with Crippen molar-refractivity contribution in [2.24, 2.45) is 0 Å². The predicted molar refractivity (Wildman–Crippen MR) is 109 cm³/mol. The van der Waals surface area contributed by atoms with Crippen LogP contribution in [-0.4, -0.2) is 28.7 Å². The van der Waals surface area contributed by atoms with Crippen LogP contribution >= 0.6 is 0 Å². The van der Waals surface area contributed by atoms with Gasteiger partial charge in [0.1, 0.15) is 5.69 Å². The number of benzene rings is 1. The lowest BCUT2D eigenvalue weighted by Crippen LogP contribution is -2.30. The van der Waals surface area contributed by atoms with Crippen LogP contribution in [0.5, 0.6) is 0 Å². The minimum Gasteiger partial charge on any atom is -0.448 e. The van der Waals surface area contributed by atoms with Crippen LogP contribution in [0, 0.1) is 13.8 Å². The summed E-state index contributed by atoms with van der Waals surface area (Å²) in [7, 11) is 0. The molecule has 0 saturated carbocycles. The molecule has 6 heteroatoms. The summed E-state index contributed by atoms with van der Waals surface area (Å²) in [4.78, 5) is 39.4. The molecule has 1 unspecified atom stereocenters. The number of nitrogens with one attached hydrogen (secondary N) is 2. The van der Waals surface area contributed by atoms with Gasteiger partial charge in [0.15, 0.2) is 11.9 Å². The molecule has 0 bridgehead atoms. The molecule has 0 aliphatic rings. The van der Waals surface area contributed by atoms with E-state index in [4.69, 9.17) is 4.74 Å². The fourth-order valence-corrected chi connectivity index (χ4v) is 3.05. The summed E-state index contributed by atoms with van der Waals surface area (Å²) in [5, 5.41) is 2.75. The first kappa shape index (κ1) is 21.4. The topological polar surface area (TPSA) is 88.3 Å². The number of H-pyrrole nitrogens is 1. The van der Waals surface area contributed by atoms with E-state index in [2.05, 4.69) is 31.1 Å². The smallest absolute Gasteiger partial charge is 0.355 e. The second-order valence-corrected chi connectivity index (χ2v) is 8.05. The molecule has 6 nitrogen and oxygen atoms in total. The lowest BCUT2D eigenvalue weighted by Gasteiger charge is -2.19. The molecule has 1 atom stereocenters. The summed E-state index contributed by atoms with van der Waals surface area (Å²) in [5.41, 5.74) is 3.61. The average Bonchev–Trinajstić information content (AvgIpc) is 2.89. The van der Waals surface area contributed by atoms with E-state index >= 15 is 0 Å². The first-order valence-corrected chi connectivity index (χ1v) is 9.24. The SMILES string of the molecule is CC(=O)c1c(C)[nH]c(C(=O)OC(C)C(=O)Nc2ccc(C(C)(C)C)cc2)c1C. The minimum absolute atomic E-state index is 0.0239. The van der Waals surface area contributed by atoms with Gasteiger partial charge in [0, 0.05) is 16.9 Å². The molecule has 1 amide bonds. The standard InChI is InChI=1S/C22H28N2O4/c1-12-18(14(3)25)13(2)23-19(12)21(27)28-15(4)20(26)24-17-10-8-16(9-11-17)22(5,6)7/h8-11,15,23H,1-7H3,(H,24,26). The van der Waals surface area contributed by atoms with Gasteiger partial charge in [0.25, 0.3) is 5.91 Å². The molecule has 2 N–H and O–H groups in total. The molecule has 2 aromatic rings. The van der Waals surface area contributed by atoms with Gasteiger partial charge in [0.05, 0.1) is 0 Å². The number of Topliss-reactive ketones (excluding diaryl/α,β-unsaturated/α-hetero) is 1. The Morgan fingerprint density at radius 2 is 1.64 bits per heavy atom. The van der Waals surface area contributed by atoms with Crippen LogP contribution in [0.3, 0.4) is 0 Å². The van der Waals surface area contributed by atoms with Gasteiger partial charge >= 0.3 is 5.97 Å². The fraction of sp³-hybridized carbons (Fsp3) is 0.409. The molecule has 1 aromatic heterocycles. The summed E-state index contributed by atoms with van der Waals surface area (Å²) in [6.45, 7) is 12.7. The largest absolute Gasteiger partial charge is 0.448 e. The number of carbonyl (C=O) groups is 3. The number of aromatic amines is 1. The zero-order chi connectivity index (χ0) is 21.2. The molecule has 2 rings (SSSR count). The Bertz CT molecular complexity index is 902. The summed E-state index contributed by atoms with van der Waals surface area (Å²) in [6, 6.07) is 7.57. The predicted octanol–water partition coefficient (Wildman–Crippen LogP) is 4.32. The van der Waals surface area contributed by atoms with Crippen LogP contribution in [0.1, 0.15) is 72.3 Å². The Kier molecular flexibility index (Phi) is 6.12. The number of anilines is 1. The molecule has 0 saturated heterocycles. The maximum absolute atomic E-state index is 12.4. The first-order chi connectivity index (χ1) is 12.9. The van der Waals surface area contributed by atoms with Crippen molar-refractivity contribution in [2.45, 2.75) is 60.0 Å². The Balaban J connectivity index is 2.05. The lowest BCUT2D eigenvalue weighted by atomic mass is 9.87. The van der Waals surface area contributed by atoms with Crippen LogP contribution in [0.25, 0.3) is 0 Å². The second-order valence-electron chi connectivity index (χ2n) is 8.05. The fourth-order valence-electron chi connectivity index (χ4n) is 3.05. The maximum atomic E-state index is 12.4. The highest BCUT2D eigenvalue weighted by molar-refractivity contribution is 6.02.